The summed E-state index contributed by atoms with van der Waals surface area (Å²) in [5.41, 5.74) is 6.61. The zero-order valence-electron chi connectivity index (χ0n) is 10.3. The Labute approximate surface area is 107 Å². The standard InChI is InChI=1S/C10H18ClN3O2S/c1-7(4-12)5-17(15,16)6-9-10(11)8(2)13-14(9)3/h7H,4-6,12H2,1-3H3. The number of aryl methyl sites for hydroxylation is 2. The van der Waals surface area contributed by atoms with Gasteiger partial charge in [-0.2, -0.15) is 5.10 Å². The van der Waals surface area contributed by atoms with Gasteiger partial charge in [0.1, 0.15) is 0 Å². The van der Waals surface area contributed by atoms with Gasteiger partial charge >= 0.3 is 0 Å². The van der Waals surface area contributed by atoms with Gasteiger partial charge < -0.3 is 5.73 Å². The Hall–Kier alpha value is -0.590. The molecule has 0 aromatic carbocycles. The smallest absolute Gasteiger partial charge is 0.156 e. The van der Waals surface area contributed by atoms with E-state index >= 15 is 0 Å². The Morgan fingerprint density at radius 1 is 1.53 bits per heavy atom. The zero-order chi connectivity index (χ0) is 13.2. The van der Waals surface area contributed by atoms with E-state index in [2.05, 4.69) is 5.10 Å². The van der Waals surface area contributed by atoms with Gasteiger partial charge in [-0.25, -0.2) is 8.42 Å². The van der Waals surface area contributed by atoms with Crippen molar-refractivity contribution in [3.8, 4) is 0 Å². The topological polar surface area (TPSA) is 78.0 Å². The zero-order valence-corrected chi connectivity index (χ0v) is 11.8. The van der Waals surface area contributed by atoms with Crippen molar-refractivity contribution in [3.63, 3.8) is 0 Å². The summed E-state index contributed by atoms with van der Waals surface area (Å²) in [7, 11) is -1.51. The number of nitrogens with two attached hydrogens (primary N) is 1. The lowest BCUT2D eigenvalue weighted by molar-refractivity contribution is 0.570. The van der Waals surface area contributed by atoms with Gasteiger partial charge in [-0.3, -0.25) is 4.68 Å². The van der Waals surface area contributed by atoms with Gasteiger partial charge in [0.25, 0.3) is 0 Å². The Morgan fingerprint density at radius 2 is 2.12 bits per heavy atom. The molecule has 0 aliphatic rings. The van der Waals surface area contributed by atoms with E-state index in [4.69, 9.17) is 17.3 Å². The van der Waals surface area contributed by atoms with Crippen LogP contribution in [-0.2, 0) is 22.6 Å². The van der Waals surface area contributed by atoms with Gasteiger partial charge in [0.2, 0.25) is 0 Å². The number of hydrogen-bond donors (Lipinski definition) is 1. The second kappa shape index (κ2) is 5.37. The molecule has 7 heteroatoms. The van der Waals surface area contributed by atoms with E-state index in [0.717, 1.165) is 0 Å². The van der Waals surface area contributed by atoms with Gasteiger partial charge in [0.05, 0.1) is 27.9 Å². The first-order valence-electron chi connectivity index (χ1n) is 5.35. The van der Waals surface area contributed by atoms with Crippen molar-refractivity contribution in [3.05, 3.63) is 16.4 Å². The molecule has 0 bridgehead atoms. The third-order valence-corrected chi connectivity index (χ3v) is 4.84. The van der Waals surface area contributed by atoms with E-state index in [1.54, 1.807) is 14.0 Å². The van der Waals surface area contributed by atoms with Crippen LogP contribution in [0.15, 0.2) is 0 Å². The molecule has 0 radical (unpaired) electrons. The first-order chi connectivity index (χ1) is 7.76. The molecular formula is C10H18ClN3O2S. The van der Waals surface area contributed by atoms with Gasteiger partial charge in [-0.1, -0.05) is 18.5 Å². The SMILES string of the molecule is Cc1nn(C)c(CS(=O)(=O)CC(C)CN)c1Cl. The largest absolute Gasteiger partial charge is 0.330 e. The van der Waals surface area contributed by atoms with E-state index in [0.29, 0.717) is 23.0 Å². The number of nitrogens with zero attached hydrogens (tertiary/aromatic N) is 2. The average molecular weight is 280 g/mol. The quantitative estimate of drug-likeness (QED) is 0.868. The Morgan fingerprint density at radius 3 is 2.53 bits per heavy atom. The summed E-state index contributed by atoms with van der Waals surface area (Å²) < 4.78 is 25.4. The van der Waals surface area contributed by atoms with E-state index < -0.39 is 9.84 Å². The molecule has 98 valence electrons. The van der Waals surface area contributed by atoms with Crippen molar-refractivity contribution in [1.29, 1.82) is 0 Å². The van der Waals surface area contributed by atoms with Gasteiger partial charge in [0.15, 0.2) is 9.84 Å². The summed E-state index contributed by atoms with van der Waals surface area (Å²) in [5.74, 6) is -0.0644. The minimum Gasteiger partial charge on any atom is -0.330 e. The van der Waals surface area contributed by atoms with E-state index in [1.807, 2.05) is 6.92 Å². The van der Waals surface area contributed by atoms with Crippen LogP contribution in [0.3, 0.4) is 0 Å². The first-order valence-corrected chi connectivity index (χ1v) is 7.55. The van der Waals surface area contributed by atoms with Crippen LogP contribution in [0.1, 0.15) is 18.3 Å². The van der Waals surface area contributed by atoms with Crippen LogP contribution in [-0.4, -0.2) is 30.5 Å². The number of rotatable bonds is 5. The molecule has 2 N–H and O–H groups in total. The monoisotopic (exact) mass is 279 g/mol. The maximum Gasteiger partial charge on any atom is 0.156 e. The van der Waals surface area contributed by atoms with E-state index in [1.165, 1.54) is 4.68 Å². The van der Waals surface area contributed by atoms with Crippen molar-refractivity contribution in [2.75, 3.05) is 12.3 Å². The summed E-state index contributed by atoms with van der Waals surface area (Å²) >= 11 is 6.02. The summed E-state index contributed by atoms with van der Waals surface area (Å²) in [4.78, 5) is 0. The number of sulfone groups is 1. The fourth-order valence-corrected chi connectivity index (χ4v) is 3.78. The minimum absolute atomic E-state index is 0.0481. The molecule has 0 saturated heterocycles. The maximum atomic E-state index is 11.9. The van der Waals surface area contributed by atoms with Crippen molar-refractivity contribution >= 4 is 21.4 Å². The third-order valence-electron chi connectivity index (χ3n) is 2.56. The molecule has 1 atom stereocenters. The second-order valence-corrected chi connectivity index (χ2v) is 6.85. The molecule has 1 unspecified atom stereocenters. The normalized spacial score (nSPS) is 13.9. The van der Waals surface area contributed by atoms with Crippen LogP contribution in [0.2, 0.25) is 5.02 Å². The molecule has 1 aromatic rings. The summed E-state index contributed by atoms with van der Waals surface area (Å²) in [5, 5.41) is 4.52. The lowest BCUT2D eigenvalue weighted by Crippen LogP contribution is -2.22. The van der Waals surface area contributed by atoms with Crippen LogP contribution in [0, 0.1) is 12.8 Å². The summed E-state index contributed by atoms with van der Waals surface area (Å²) in [6.45, 7) is 3.92. The number of halogens is 1. The summed E-state index contributed by atoms with van der Waals surface area (Å²) in [6.07, 6.45) is 0. The fraction of sp³-hybridized carbons (Fsp3) is 0.700. The average Bonchev–Trinajstić information content (AvgIpc) is 2.44. The molecule has 0 amide bonds. The number of hydrogen-bond acceptors (Lipinski definition) is 4. The first kappa shape index (κ1) is 14.5. The van der Waals surface area contributed by atoms with Gasteiger partial charge in [-0.05, 0) is 19.4 Å². The minimum atomic E-state index is -3.20. The van der Waals surface area contributed by atoms with Gasteiger partial charge in [0, 0.05) is 7.05 Å². The van der Waals surface area contributed by atoms with Crippen molar-refractivity contribution < 1.29 is 8.42 Å². The molecule has 17 heavy (non-hydrogen) atoms. The molecular weight excluding hydrogens is 262 g/mol. The van der Waals surface area contributed by atoms with Crippen LogP contribution < -0.4 is 5.73 Å². The lowest BCUT2D eigenvalue weighted by Gasteiger charge is -2.09. The molecule has 0 fully saturated rings. The molecule has 0 spiro atoms. The lowest BCUT2D eigenvalue weighted by atomic mass is 10.2. The van der Waals surface area contributed by atoms with Crippen molar-refractivity contribution in [2.45, 2.75) is 19.6 Å². The van der Waals surface area contributed by atoms with Crippen molar-refractivity contribution in [1.82, 2.24) is 9.78 Å². The van der Waals surface area contributed by atoms with Crippen LogP contribution in [0.4, 0.5) is 0 Å². The molecule has 5 nitrogen and oxygen atoms in total. The van der Waals surface area contributed by atoms with E-state index in [-0.39, 0.29) is 17.4 Å². The molecule has 1 heterocycles. The molecule has 0 aliphatic heterocycles. The molecule has 0 aliphatic carbocycles. The third kappa shape index (κ3) is 3.69. The highest BCUT2D eigenvalue weighted by Gasteiger charge is 2.21. The fourth-order valence-electron chi connectivity index (χ4n) is 1.61. The molecule has 1 rings (SSSR count). The Bertz CT molecular complexity index is 496. The predicted octanol–water partition coefficient (Wildman–Crippen LogP) is 0.892. The highest BCUT2D eigenvalue weighted by molar-refractivity contribution is 7.90. The highest BCUT2D eigenvalue weighted by atomic mass is 35.5. The van der Waals surface area contributed by atoms with Crippen LogP contribution in [0.25, 0.3) is 0 Å². The van der Waals surface area contributed by atoms with Crippen molar-refractivity contribution in [2.24, 2.45) is 18.7 Å². The summed E-state index contributed by atoms with van der Waals surface area (Å²) in [6, 6.07) is 0. The molecule has 0 saturated carbocycles. The van der Waals surface area contributed by atoms with Crippen LogP contribution >= 0.6 is 11.6 Å². The second-order valence-electron chi connectivity index (χ2n) is 4.37. The van der Waals surface area contributed by atoms with E-state index in [9.17, 15) is 8.42 Å². The van der Waals surface area contributed by atoms with Crippen LogP contribution in [0.5, 0.6) is 0 Å². The maximum absolute atomic E-state index is 11.9. The van der Waals surface area contributed by atoms with Gasteiger partial charge in [-0.15, -0.1) is 0 Å². The predicted molar refractivity (Wildman–Crippen MR) is 68.7 cm³/mol. The highest BCUT2D eigenvalue weighted by Crippen LogP contribution is 2.22. The molecule has 1 aromatic heterocycles. The number of aromatic nitrogens is 2. The Kier molecular flexibility index (Phi) is 4.57. The Balaban J connectivity index is 2.91.